The van der Waals surface area contributed by atoms with E-state index in [1.54, 1.807) is 43.3 Å². The zero-order valence-corrected chi connectivity index (χ0v) is 18.6. The van der Waals surface area contributed by atoms with E-state index in [1.807, 2.05) is 0 Å². The molecule has 3 rings (SSSR count). The molecule has 0 unspecified atom stereocenters. The van der Waals surface area contributed by atoms with Crippen molar-refractivity contribution in [1.82, 2.24) is 15.2 Å². The second-order valence-corrected chi connectivity index (χ2v) is 8.00. The number of rotatable bonds is 7. The fourth-order valence-corrected chi connectivity index (χ4v) is 3.41. The molecule has 1 aromatic heterocycles. The maximum atomic E-state index is 12.5. The van der Waals surface area contributed by atoms with Crippen molar-refractivity contribution >= 4 is 58.2 Å². The Kier molecular flexibility index (Phi) is 7.67. The van der Waals surface area contributed by atoms with E-state index in [0.717, 1.165) is 11.8 Å². The fourth-order valence-electron chi connectivity index (χ4n) is 2.51. The van der Waals surface area contributed by atoms with Crippen molar-refractivity contribution in [2.24, 2.45) is 0 Å². The maximum absolute atomic E-state index is 12.5. The molecule has 8 nitrogen and oxygen atoms in total. The first kappa shape index (κ1) is 22.8. The van der Waals surface area contributed by atoms with Crippen molar-refractivity contribution in [3.63, 3.8) is 0 Å². The minimum absolute atomic E-state index is 0.00659. The first-order valence-corrected chi connectivity index (χ1v) is 10.9. The van der Waals surface area contributed by atoms with Crippen molar-refractivity contribution in [1.29, 1.82) is 0 Å². The average molecular weight is 478 g/mol. The Morgan fingerprint density at radius 1 is 1.03 bits per heavy atom. The van der Waals surface area contributed by atoms with Crippen LogP contribution < -0.4 is 16.2 Å². The molecule has 0 radical (unpaired) electrons. The number of aromatic amines is 1. The molecule has 3 N–H and O–H groups in total. The van der Waals surface area contributed by atoms with Crippen molar-refractivity contribution < 1.29 is 9.59 Å². The zero-order valence-electron chi connectivity index (χ0n) is 16.2. The van der Waals surface area contributed by atoms with Gasteiger partial charge in [0.15, 0.2) is 10.9 Å². The van der Waals surface area contributed by atoms with Gasteiger partial charge in [0.2, 0.25) is 11.8 Å². The first-order chi connectivity index (χ1) is 14.9. The number of hydrogen-bond donors (Lipinski definition) is 3. The maximum Gasteiger partial charge on any atom is 0.278 e. The summed E-state index contributed by atoms with van der Waals surface area (Å²) in [4.78, 5) is 39.0. The van der Waals surface area contributed by atoms with E-state index in [1.165, 1.54) is 6.07 Å². The van der Waals surface area contributed by atoms with Gasteiger partial charge in [-0.25, -0.2) is 0 Å². The Hall–Kier alpha value is -2.88. The molecule has 0 spiro atoms. The summed E-state index contributed by atoms with van der Waals surface area (Å²) in [6.07, 6.45) is 0.302. The summed E-state index contributed by atoms with van der Waals surface area (Å²) in [5.74, 6) is -0.507. The molecule has 3 aromatic rings. The normalized spacial score (nSPS) is 10.5. The molecule has 2 amide bonds. The molecular formula is C20H17Cl2N5O3S. The number of H-pyrrole nitrogens is 1. The summed E-state index contributed by atoms with van der Waals surface area (Å²) in [5.41, 5.74) is 1.00. The minimum atomic E-state index is -0.486. The van der Waals surface area contributed by atoms with Crippen molar-refractivity contribution in [3.8, 4) is 11.3 Å². The molecular weight excluding hydrogens is 461 g/mol. The summed E-state index contributed by atoms with van der Waals surface area (Å²) < 4.78 is 0. The van der Waals surface area contributed by atoms with Gasteiger partial charge in [0, 0.05) is 17.7 Å². The van der Waals surface area contributed by atoms with E-state index >= 15 is 0 Å². The number of benzene rings is 2. The third-order valence-corrected chi connectivity index (χ3v) is 5.60. The van der Waals surface area contributed by atoms with Crippen LogP contribution in [0.1, 0.15) is 13.3 Å². The second-order valence-electron chi connectivity index (χ2n) is 6.22. The van der Waals surface area contributed by atoms with Crippen LogP contribution in [0.2, 0.25) is 10.0 Å². The van der Waals surface area contributed by atoms with E-state index in [4.69, 9.17) is 23.2 Å². The topological polar surface area (TPSA) is 117 Å². The molecule has 0 fully saturated rings. The van der Waals surface area contributed by atoms with Gasteiger partial charge in [0.05, 0.1) is 21.5 Å². The molecule has 0 aliphatic rings. The number of anilines is 2. The molecule has 1 heterocycles. The summed E-state index contributed by atoms with van der Waals surface area (Å²) in [5, 5.41) is 14.3. The summed E-state index contributed by atoms with van der Waals surface area (Å²) >= 11 is 12.8. The van der Waals surface area contributed by atoms with E-state index in [-0.39, 0.29) is 28.4 Å². The van der Waals surface area contributed by atoms with Crippen LogP contribution in [0.25, 0.3) is 11.3 Å². The molecule has 2 aromatic carbocycles. The highest BCUT2D eigenvalue weighted by atomic mass is 35.5. The van der Waals surface area contributed by atoms with Crippen molar-refractivity contribution in [2.45, 2.75) is 18.5 Å². The minimum Gasteiger partial charge on any atom is -0.325 e. The van der Waals surface area contributed by atoms with Crippen LogP contribution in [-0.2, 0) is 9.59 Å². The van der Waals surface area contributed by atoms with Gasteiger partial charge in [-0.2, -0.15) is 0 Å². The lowest BCUT2D eigenvalue weighted by Crippen LogP contribution is -2.18. The van der Waals surface area contributed by atoms with Gasteiger partial charge in [-0.15, -0.1) is 10.2 Å². The lowest BCUT2D eigenvalue weighted by Gasteiger charge is -2.09. The van der Waals surface area contributed by atoms with Gasteiger partial charge in [0.1, 0.15) is 0 Å². The van der Waals surface area contributed by atoms with Gasteiger partial charge in [0.25, 0.3) is 5.56 Å². The molecule has 0 aliphatic carbocycles. The van der Waals surface area contributed by atoms with Crippen molar-refractivity contribution in [3.05, 3.63) is 62.9 Å². The summed E-state index contributed by atoms with van der Waals surface area (Å²) in [6, 6.07) is 11.6. The monoisotopic (exact) mass is 477 g/mol. The standard InChI is InChI=1S/C20H17Cl2N5O3S/c1-2-16(28)24-15-6-4-3-5-12(15)18-19(30)25-20(27-26-18)31-10-17(29)23-11-7-8-13(21)14(22)9-11/h3-9H,2,10H2,1H3,(H,23,29)(H,24,28)(H,25,27,30). The Bertz CT molecular complexity index is 1190. The van der Waals surface area contributed by atoms with Crippen molar-refractivity contribution in [2.75, 3.05) is 16.4 Å². The van der Waals surface area contributed by atoms with Crippen LogP contribution in [0.15, 0.2) is 52.4 Å². The number of halogens is 2. The summed E-state index contributed by atoms with van der Waals surface area (Å²) in [7, 11) is 0. The third kappa shape index (κ3) is 6.06. The van der Waals surface area contributed by atoms with Gasteiger partial charge in [-0.3, -0.25) is 19.4 Å². The number of carbonyl (C=O) groups excluding carboxylic acids is 2. The number of carbonyl (C=O) groups is 2. The Morgan fingerprint density at radius 2 is 1.81 bits per heavy atom. The third-order valence-electron chi connectivity index (χ3n) is 4.00. The molecule has 0 atom stereocenters. The summed E-state index contributed by atoms with van der Waals surface area (Å²) in [6.45, 7) is 1.73. The van der Waals surface area contributed by atoms with Gasteiger partial charge < -0.3 is 10.6 Å². The van der Waals surface area contributed by atoms with Crippen LogP contribution in [0, 0.1) is 0 Å². The highest BCUT2D eigenvalue weighted by molar-refractivity contribution is 7.99. The molecule has 0 bridgehead atoms. The predicted molar refractivity (Wildman–Crippen MR) is 123 cm³/mol. The Morgan fingerprint density at radius 3 is 2.52 bits per heavy atom. The van der Waals surface area contributed by atoms with Crippen LogP contribution >= 0.6 is 35.0 Å². The van der Waals surface area contributed by atoms with Gasteiger partial charge in [-0.1, -0.05) is 60.1 Å². The molecule has 11 heteroatoms. The molecule has 0 aliphatic heterocycles. The smallest absolute Gasteiger partial charge is 0.278 e. The first-order valence-electron chi connectivity index (χ1n) is 9.11. The number of nitrogens with one attached hydrogen (secondary N) is 3. The lowest BCUT2D eigenvalue weighted by molar-refractivity contribution is -0.116. The number of aromatic nitrogens is 3. The average Bonchev–Trinajstić information content (AvgIpc) is 2.75. The van der Waals surface area contributed by atoms with Gasteiger partial charge in [-0.05, 0) is 24.3 Å². The zero-order chi connectivity index (χ0) is 22.4. The predicted octanol–water partition coefficient (Wildman–Crippen LogP) is 4.22. The number of para-hydroxylation sites is 1. The second kappa shape index (κ2) is 10.4. The largest absolute Gasteiger partial charge is 0.325 e. The van der Waals surface area contributed by atoms with Crippen LogP contribution in [0.5, 0.6) is 0 Å². The Balaban J connectivity index is 1.69. The SMILES string of the molecule is CCC(=O)Nc1ccccc1-c1nnc(SCC(=O)Nc2ccc(Cl)c(Cl)c2)[nH]c1=O. The molecule has 31 heavy (non-hydrogen) atoms. The lowest BCUT2D eigenvalue weighted by atomic mass is 10.1. The highest BCUT2D eigenvalue weighted by Gasteiger charge is 2.14. The highest BCUT2D eigenvalue weighted by Crippen LogP contribution is 2.26. The van der Waals surface area contributed by atoms with E-state index in [9.17, 15) is 14.4 Å². The molecule has 160 valence electrons. The quantitative estimate of drug-likeness (QED) is 0.438. The van der Waals surface area contributed by atoms with Gasteiger partial charge >= 0.3 is 0 Å². The molecule has 0 saturated carbocycles. The number of thioether (sulfide) groups is 1. The Labute approximate surface area is 191 Å². The van der Waals surface area contributed by atoms with Crippen LogP contribution in [-0.4, -0.2) is 32.7 Å². The van der Waals surface area contributed by atoms with E-state index in [2.05, 4.69) is 25.8 Å². The van der Waals surface area contributed by atoms with Crippen LogP contribution in [0.3, 0.4) is 0 Å². The number of amides is 2. The van der Waals surface area contributed by atoms with E-state index in [0.29, 0.717) is 33.4 Å². The van der Waals surface area contributed by atoms with Crippen LogP contribution in [0.4, 0.5) is 11.4 Å². The number of nitrogens with zero attached hydrogens (tertiary/aromatic N) is 2. The molecule has 0 saturated heterocycles. The number of hydrogen-bond acceptors (Lipinski definition) is 6. The van der Waals surface area contributed by atoms with E-state index < -0.39 is 5.56 Å². The fraction of sp³-hybridized carbons (Fsp3) is 0.150.